The number of carbonyl (C=O) groups is 2. The molecule has 2 aliphatic rings. The molecule has 150 valence electrons. The molecule has 6 nitrogen and oxygen atoms in total. The summed E-state index contributed by atoms with van der Waals surface area (Å²) in [5.74, 6) is 0.186. The van der Waals surface area contributed by atoms with Crippen LogP contribution >= 0.6 is 0 Å². The molecule has 2 aromatic rings. The highest BCUT2D eigenvalue weighted by Gasteiger charge is 2.43. The molecule has 1 fully saturated rings. The summed E-state index contributed by atoms with van der Waals surface area (Å²) >= 11 is 0. The van der Waals surface area contributed by atoms with Crippen LogP contribution in [0.3, 0.4) is 0 Å². The zero-order chi connectivity index (χ0) is 20.5. The number of anilines is 1. The average Bonchev–Trinajstić information content (AvgIpc) is 2.99. The third kappa shape index (κ3) is 3.40. The minimum absolute atomic E-state index is 0.250. The highest BCUT2D eigenvalue weighted by Crippen LogP contribution is 2.36. The molecule has 0 bridgehead atoms. The Hall–Kier alpha value is -3.12. The molecule has 1 saturated heterocycles. The smallest absolute Gasteiger partial charge is 0.282 e. The lowest BCUT2D eigenvalue weighted by Crippen LogP contribution is -2.46. The van der Waals surface area contributed by atoms with Gasteiger partial charge in [-0.2, -0.15) is 0 Å². The van der Waals surface area contributed by atoms with Gasteiger partial charge in [-0.1, -0.05) is 30.3 Å². The Morgan fingerprint density at radius 3 is 2.14 bits per heavy atom. The van der Waals surface area contributed by atoms with Crippen LogP contribution in [0.5, 0.6) is 5.75 Å². The molecule has 0 aromatic heterocycles. The minimum Gasteiger partial charge on any atom is -0.497 e. The largest absolute Gasteiger partial charge is 0.497 e. The second-order valence-electron chi connectivity index (χ2n) is 7.47. The molecule has 2 heterocycles. The van der Waals surface area contributed by atoms with Crippen molar-refractivity contribution in [3.63, 3.8) is 0 Å². The Labute approximate surface area is 171 Å². The van der Waals surface area contributed by atoms with Crippen LogP contribution in [0.2, 0.25) is 0 Å². The Morgan fingerprint density at radius 2 is 1.52 bits per heavy atom. The van der Waals surface area contributed by atoms with Gasteiger partial charge in [0, 0.05) is 26.2 Å². The van der Waals surface area contributed by atoms with E-state index in [1.807, 2.05) is 55.5 Å². The summed E-state index contributed by atoms with van der Waals surface area (Å²) in [5, 5.41) is 0. The predicted molar refractivity (Wildman–Crippen MR) is 113 cm³/mol. The highest BCUT2D eigenvalue weighted by molar-refractivity contribution is 6.45. The number of ether oxygens (including phenoxy) is 1. The molecule has 29 heavy (non-hydrogen) atoms. The van der Waals surface area contributed by atoms with E-state index >= 15 is 0 Å². The second kappa shape index (κ2) is 7.72. The number of methoxy groups -OCH3 is 1. The van der Waals surface area contributed by atoms with Crippen LogP contribution in [0.25, 0.3) is 5.57 Å². The number of aryl methyl sites for hydroxylation is 1. The summed E-state index contributed by atoms with van der Waals surface area (Å²) < 4.78 is 5.25. The first kappa shape index (κ1) is 19.2. The van der Waals surface area contributed by atoms with E-state index in [1.54, 1.807) is 7.11 Å². The van der Waals surface area contributed by atoms with Crippen LogP contribution in [-0.2, 0) is 9.59 Å². The number of likely N-dealkylation sites (N-methyl/N-ethyl adjacent to an activating group) is 1. The van der Waals surface area contributed by atoms with E-state index in [2.05, 4.69) is 16.8 Å². The first-order valence-electron chi connectivity index (χ1n) is 9.78. The van der Waals surface area contributed by atoms with Crippen LogP contribution in [0.4, 0.5) is 5.69 Å². The van der Waals surface area contributed by atoms with Crippen molar-refractivity contribution < 1.29 is 14.3 Å². The second-order valence-corrected chi connectivity index (χ2v) is 7.47. The normalized spacial score (nSPS) is 18.0. The summed E-state index contributed by atoms with van der Waals surface area (Å²) in [5.41, 5.74) is 3.22. The number of carbonyl (C=O) groups excluding carboxylic acids is 2. The number of amides is 2. The van der Waals surface area contributed by atoms with Gasteiger partial charge in [-0.05, 0) is 43.3 Å². The van der Waals surface area contributed by atoms with Crippen molar-refractivity contribution in [3.8, 4) is 5.75 Å². The fourth-order valence-electron chi connectivity index (χ4n) is 3.89. The van der Waals surface area contributed by atoms with Gasteiger partial charge in [0.25, 0.3) is 11.8 Å². The van der Waals surface area contributed by atoms with E-state index in [0.29, 0.717) is 35.8 Å². The number of nitrogens with zero attached hydrogens (tertiary/aromatic N) is 3. The summed E-state index contributed by atoms with van der Waals surface area (Å²) in [7, 11) is 3.67. The number of hydrogen-bond acceptors (Lipinski definition) is 5. The van der Waals surface area contributed by atoms with Gasteiger partial charge in [-0.25, -0.2) is 4.90 Å². The van der Waals surface area contributed by atoms with Gasteiger partial charge in [-0.3, -0.25) is 9.59 Å². The fourth-order valence-corrected chi connectivity index (χ4v) is 3.89. The molecule has 2 amide bonds. The molecule has 0 N–H and O–H groups in total. The first-order chi connectivity index (χ1) is 14.0. The molecule has 2 aromatic carbocycles. The molecular weight excluding hydrogens is 366 g/mol. The number of piperazine rings is 1. The van der Waals surface area contributed by atoms with Gasteiger partial charge in [0.15, 0.2) is 0 Å². The van der Waals surface area contributed by atoms with E-state index in [4.69, 9.17) is 4.74 Å². The van der Waals surface area contributed by atoms with Crippen molar-refractivity contribution in [2.75, 3.05) is 45.2 Å². The van der Waals surface area contributed by atoms with Crippen LogP contribution in [0.15, 0.2) is 54.2 Å². The number of imide groups is 1. The van der Waals surface area contributed by atoms with Crippen LogP contribution in [0.1, 0.15) is 11.1 Å². The van der Waals surface area contributed by atoms with E-state index in [-0.39, 0.29) is 11.8 Å². The van der Waals surface area contributed by atoms with Crippen LogP contribution < -0.4 is 9.64 Å². The quantitative estimate of drug-likeness (QED) is 0.750. The SMILES string of the molecule is COc1ccc(C2=C(N3CCN(C)CC3)C(=O)N(c3ccccc3C)C2=O)cc1. The molecule has 0 spiro atoms. The van der Waals surface area contributed by atoms with Crippen molar-refractivity contribution in [1.82, 2.24) is 9.80 Å². The van der Waals surface area contributed by atoms with Gasteiger partial charge in [0.05, 0.1) is 18.4 Å². The summed E-state index contributed by atoms with van der Waals surface area (Å²) in [6.45, 7) is 5.05. The van der Waals surface area contributed by atoms with Crippen molar-refractivity contribution in [3.05, 3.63) is 65.4 Å². The Bertz CT molecular complexity index is 973. The van der Waals surface area contributed by atoms with E-state index in [1.165, 1.54) is 4.90 Å². The summed E-state index contributed by atoms with van der Waals surface area (Å²) in [6, 6.07) is 14.8. The van der Waals surface area contributed by atoms with Crippen molar-refractivity contribution >= 4 is 23.1 Å². The third-order valence-electron chi connectivity index (χ3n) is 5.61. The Balaban J connectivity index is 1.81. The molecule has 0 unspecified atom stereocenters. The van der Waals surface area contributed by atoms with Crippen molar-refractivity contribution in [1.29, 1.82) is 0 Å². The van der Waals surface area contributed by atoms with Crippen LogP contribution in [0, 0.1) is 6.92 Å². The lowest BCUT2D eigenvalue weighted by molar-refractivity contribution is -0.120. The topological polar surface area (TPSA) is 53.1 Å². The standard InChI is InChI=1S/C23H25N3O3/c1-16-6-4-5-7-19(16)26-22(27)20(17-8-10-18(29-3)11-9-17)21(23(26)28)25-14-12-24(2)13-15-25/h4-11H,12-15H2,1-3H3. The minimum atomic E-state index is -0.275. The lowest BCUT2D eigenvalue weighted by atomic mass is 10.0. The molecule has 6 heteroatoms. The van der Waals surface area contributed by atoms with E-state index < -0.39 is 0 Å². The summed E-state index contributed by atoms with van der Waals surface area (Å²) in [6.07, 6.45) is 0. The van der Waals surface area contributed by atoms with Gasteiger partial charge >= 0.3 is 0 Å². The lowest BCUT2D eigenvalue weighted by Gasteiger charge is -2.34. The average molecular weight is 391 g/mol. The Kier molecular flexibility index (Phi) is 5.11. The Morgan fingerprint density at radius 1 is 0.862 bits per heavy atom. The van der Waals surface area contributed by atoms with E-state index in [9.17, 15) is 9.59 Å². The highest BCUT2D eigenvalue weighted by atomic mass is 16.5. The number of para-hydroxylation sites is 1. The van der Waals surface area contributed by atoms with E-state index in [0.717, 1.165) is 24.2 Å². The fraction of sp³-hybridized carbons (Fsp3) is 0.304. The number of benzene rings is 2. The molecular formula is C23H25N3O3. The van der Waals surface area contributed by atoms with Gasteiger partial charge in [-0.15, -0.1) is 0 Å². The molecule has 4 rings (SSSR count). The summed E-state index contributed by atoms with van der Waals surface area (Å²) in [4.78, 5) is 32.6. The molecule has 0 radical (unpaired) electrons. The van der Waals surface area contributed by atoms with Gasteiger partial charge in [0.1, 0.15) is 11.4 Å². The van der Waals surface area contributed by atoms with Gasteiger partial charge < -0.3 is 14.5 Å². The van der Waals surface area contributed by atoms with Crippen molar-refractivity contribution in [2.45, 2.75) is 6.92 Å². The van der Waals surface area contributed by atoms with Crippen LogP contribution in [-0.4, -0.2) is 62.0 Å². The number of hydrogen-bond donors (Lipinski definition) is 0. The molecule has 2 aliphatic heterocycles. The third-order valence-corrected chi connectivity index (χ3v) is 5.61. The first-order valence-corrected chi connectivity index (χ1v) is 9.78. The monoisotopic (exact) mass is 391 g/mol. The molecule has 0 saturated carbocycles. The molecule has 0 atom stereocenters. The maximum absolute atomic E-state index is 13.5. The maximum atomic E-state index is 13.5. The zero-order valence-electron chi connectivity index (χ0n) is 17.0. The van der Waals surface area contributed by atoms with Gasteiger partial charge in [0.2, 0.25) is 0 Å². The molecule has 0 aliphatic carbocycles. The van der Waals surface area contributed by atoms with Crippen molar-refractivity contribution in [2.24, 2.45) is 0 Å². The number of rotatable bonds is 4. The predicted octanol–water partition coefficient (Wildman–Crippen LogP) is 2.54. The maximum Gasteiger partial charge on any atom is 0.282 e. The zero-order valence-corrected chi connectivity index (χ0v) is 17.0.